The number of nitrogens with zero attached hydrogens (tertiary/aromatic N) is 3. The van der Waals surface area contributed by atoms with Gasteiger partial charge in [0.1, 0.15) is 5.52 Å². The maximum Gasteiger partial charge on any atom is 0.253 e. The van der Waals surface area contributed by atoms with Crippen LogP contribution in [0, 0.1) is 12.8 Å². The van der Waals surface area contributed by atoms with E-state index in [1.807, 2.05) is 54.3 Å². The fraction of sp³-hybridized carbons (Fsp3) is 0.483. The molecule has 2 saturated heterocycles. The SMILES string of the molecule is Cc1ccc(-c2nc3cc(C(=O)N4CCC(CC(=O)NCCN5CCCCC5)CC4)ccc3o2)cc1. The molecule has 0 bridgehead atoms. The van der Waals surface area contributed by atoms with E-state index in [1.54, 1.807) is 0 Å². The summed E-state index contributed by atoms with van der Waals surface area (Å²) in [6.07, 6.45) is 6.13. The Morgan fingerprint density at radius 3 is 2.50 bits per heavy atom. The van der Waals surface area contributed by atoms with Gasteiger partial charge in [0.2, 0.25) is 11.8 Å². The molecule has 36 heavy (non-hydrogen) atoms. The number of amides is 2. The Balaban J connectivity index is 1.11. The summed E-state index contributed by atoms with van der Waals surface area (Å²) in [6.45, 7) is 7.38. The molecule has 0 spiro atoms. The maximum absolute atomic E-state index is 13.2. The highest BCUT2D eigenvalue weighted by Gasteiger charge is 2.25. The molecule has 0 radical (unpaired) electrons. The predicted octanol–water partition coefficient (Wildman–Crippen LogP) is 4.65. The molecule has 2 aromatic carbocycles. The molecule has 0 aliphatic carbocycles. The second kappa shape index (κ2) is 11.2. The first-order chi connectivity index (χ1) is 17.5. The Hall–Kier alpha value is -3.19. The van der Waals surface area contributed by atoms with Crippen molar-refractivity contribution in [3.8, 4) is 11.5 Å². The van der Waals surface area contributed by atoms with Crippen molar-refractivity contribution in [2.45, 2.75) is 45.4 Å². The van der Waals surface area contributed by atoms with Gasteiger partial charge < -0.3 is 19.5 Å². The highest BCUT2D eigenvalue weighted by Crippen LogP contribution is 2.27. The molecule has 2 amide bonds. The molecule has 2 aliphatic rings. The minimum atomic E-state index is 0.0150. The third-order valence-corrected chi connectivity index (χ3v) is 7.51. The first-order valence-electron chi connectivity index (χ1n) is 13.3. The zero-order valence-corrected chi connectivity index (χ0v) is 21.2. The van der Waals surface area contributed by atoms with Crippen LogP contribution in [0.5, 0.6) is 0 Å². The van der Waals surface area contributed by atoms with E-state index < -0.39 is 0 Å². The number of benzene rings is 2. The van der Waals surface area contributed by atoms with E-state index in [0.29, 0.717) is 48.0 Å². The van der Waals surface area contributed by atoms with Gasteiger partial charge in [0.15, 0.2) is 5.58 Å². The average Bonchev–Trinajstić information content (AvgIpc) is 3.33. The predicted molar refractivity (Wildman–Crippen MR) is 141 cm³/mol. The van der Waals surface area contributed by atoms with Gasteiger partial charge in [0.25, 0.3) is 5.91 Å². The van der Waals surface area contributed by atoms with Crippen LogP contribution in [0.15, 0.2) is 46.9 Å². The van der Waals surface area contributed by atoms with Crippen LogP contribution in [-0.4, -0.2) is 65.9 Å². The summed E-state index contributed by atoms with van der Waals surface area (Å²) in [5.74, 6) is 1.04. The van der Waals surface area contributed by atoms with Crippen molar-refractivity contribution in [2.75, 3.05) is 39.3 Å². The summed E-state index contributed by atoms with van der Waals surface area (Å²) in [7, 11) is 0. The number of fused-ring (bicyclic) bond motifs is 1. The minimum Gasteiger partial charge on any atom is -0.436 e. The average molecular weight is 489 g/mol. The molecule has 0 saturated carbocycles. The number of carbonyl (C=O) groups excluding carboxylic acids is 2. The number of aryl methyl sites for hydroxylation is 1. The standard InChI is InChI=1S/C29H36N4O3/c1-21-5-7-23(8-6-21)28-31-25-20-24(9-10-26(25)36-28)29(35)33-16-11-22(12-17-33)19-27(34)30-13-18-32-14-3-2-4-15-32/h5-10,20,22H,2-4,11-19H2,1H3,(H,30,34). The number of piperidine rings is 2. The fourth-order valence-corrected chi connectivity index (χ4v) is 5.27. The third-order valence-electron chi connectivity index (χ3n) is 7.51. The van der Waals surface area contributed by atoms with E-state index in [-0.39, 0.29) is 11.8 Å². The normalized spacial score (nSPS) is 17.4. The second-order valence-corrected chi connectivity index (χ2v) is 10.3. The zero-order chi connectivity index (χ0) is 24.9. The quantitative estimate of drug-likeness (QED) is 0.524. The van der Waals surface area contributed by atoms with E-state index >= 15 is 0 Å². The smallest absolute Gasteiger partial charge is 0.253 e. The molecule has 7 nitrogen and oxygen atoms in total. The van der Waals surface area contributed by atoms with Gasteiger partial charge in [-0.2, -0.15) is 0 Å². The highest BCUT2D eigenvalue weighted by atomic mass is 16.3. The number of aromatic nitrogens is 1. The van der Waals surface area contributed by atoms with Crippen molar-refractivity contribution < 1.29 is 14.0 Å². The van der Waals surface area contributed by atoms with Crippen LogP contribution >= 0.6 is 0 Å². The van der Waals surface area contributed by atoms with Gasteiger partial charge in [0.05, 0.1) is 0 Å². The van der Waals surface area contributed by atoms with Crippen molar-refractivity contribution in [1.29, 1.82) is 0 Å². The third kappa shape index (κ3) is 5.95. The monoisotopic (exact) mass is 488 g/mol. The summed E-state index contributed by atoms with van der Waals surface area (Å²) in [6, 6.07) is 13.5. The van der Waals surface area contributed by atoms with Crippen LogP contribution in [-0.2, 0) is 4.79 Å². The van der Waals surface area contributed by atoms with E-state index in [4.69, 9.17) is 4.42 Å². The molecule has 2 fully saturated rings. The van der Waals surface area contributed by atoms with Crippen LogP contribution in [0.1, 0.15) is 54.4 Å². The summed E-state index contributed by atoms with van der Waals surface area (Å²) in [5.41, 5.74) is 4.09. The second-order valence-electron chi connectivity index (χ2n) is 10.3. The largest absolute Gasteiger partial charge is 0.436 e. The Morgan fingerprint density at radius 2 is 1.75 bits per heavy atom. The van der Waals surface area contributed by atoms with Crippen molar-refractivity contribution in [1.82, 2.24) is 20.1 Å². The lowest BCUT2D eigenvalue weighted by Crippen LogP contribution is -2.41. The van der Waals surface area contributed by atoms with Crippen LogP contribution in [0.2, 0.25) is 0 Å². The van der Waals surface area contributed by atoms with E-state index in [1.165, 1.54) is 24.8 Å². The van der Waals surface area contributed by atoms with Gasteiger partial charge in [-0.3, -0.25) is 9.59 Å². The summed E-state index contributed by atoms with van der Waals surface area (Å²) in [4.78, 5) is 34.5. The van der Waals surface area contributed by atoms with Gasteiger partial charge in [-0.25, -0.2) is 4.98 Å². The molecule has 0 atom stereocenters. The molecule has 3 heterocycles. The Bertz CT molecular complexity index is 1190. The van der Waals surface area contributed by atoms with Gasteiger partial charge in [0, 0.05) is 43.7 Å². The maximum atomic E-state index is 13.2. The van der Waals surface area contributed by atoms with Crippen LogP contribution < -0.4 is 5.32 Å². The number of oxazole rings is 1. The highest BCUT2D eigenvalue weighted by molar-refractivity contribution is 5.97. The van der Waals surface area contributed by atoms with Crippen LogP contribution in [0.3, 0.4) is 0 Å². The number of nitrogens with one attached hydrogen (secondary N) is 1. The molecule has 0 unspecified atom stereocenters. The van der Waals surface area contributed by atoms with Crippen molar-refractivity contribution in [2.24, 2.45) is 5.92 Å². The van der Waals surface area contributed by atoms with E-state index in [2.05, 4.69) is 15.2 Å². The molecule has 3 aromatic rings. The molecule has 7 heteroatoms. The fourth-order valence-electron chi connectivity index (χ4n) is 5.27. The molecule has 2 aliphatic heterocycles. The van der Waals surface area contributed by atoms with E-state index in [9.17, 15) is 9.59 Å². The first-order valence-corrected chi connectivity index (χ1v) is 13.3. The zero-order valence-electron chi connectivity index (χ0n) is 21.2. The summed E-state index contributed by atoms with van der Waals surface area (Å²) in [5, 5.41) is 3.09. The van der Waals surface area contributed by atoms with Crippen molar-refractivity contribution in [3.05, 3.63) is 53.6 Å². The molecule has 5 rings (SSSR count). The number of hydrogen-bond acceptors (Lipinski definition) is 5. The number of rotatable bonds is 7. The van der Waals surface area contributed by atoms with Crippen LogP contribution in [0.4, 0.5) is 0 Å². The number of hydrogen-bond donors (Lipinski definition) is 1. The van der Waals surface area contributed by atoms with E-state index in [0.717, 1.165) is 44.6 Å². The minimum absolute atomic E-state index is 0.0150. The lowest BCUT2D eigenvalue weighted by molar-refractivity contribution is -0.122. The van der Waals surface area contributed by atoms with Gasteiger partial charge >= 0.3 is 0 Å². The molecular weight excluding hydrogens is 452 g/mol. The Morgan fingerprint density at radius 1 is 1.00 bits per heavy atom. The summed E-state index contributed by atoms with van der Waals surface area (Å²) < 4.78 is 5.91. The topological polar surface area (TPSA) is 78.7 Å². The van der Waals surface area contributed by atoms with Gasteiger partial charge in [-0.1, -0.05) is 24.1 Å². The summed E-state index contributed by atoms with van der Waals surface area (Å²) >= 11 is 0. The molecule has 190 valence electrons. The molecular formula is C29H36N4O3. The van der Waals surface area contributed by atoms with Crippen molar-refractivity contribution in [3.63, 3.8) is 0 Å². The first kappa shape index (κ1) is 24.5. The van der Waals surface area contributed by atoms with Gasteiger partial charge in [-0.15, -0.1) is 0 Å². The van der Waals surface area contributed by atoms with Gasteiger partial charge in [-0.05, 0) is 81.9 Å². The Labute approximate surface area is 212 Å². The number of likely N-dealkylation sites (tertiary alicyclic amines) is 2. The molecule has 1 aromatic heterocycles. The number of carbonyl (C=O) groups is 2. The van der Waals surface area contributed by atoms with Crippen molar-refractivity contribution >= 4 is 22.9 Å². The lowest BCUT2D eigenvalue weighted by atomic mass is 9.93. The van der Waals surface area contributed by atoms with Crippen LogP contribution in [0.25, 0.3) is 22.6 Å². The Kier molecular flexibility index (Phi) is 7.66. The lowest BCUT2D eigenvalue weighted by Gasteiger charge is -2.32. The molecule has 1 N–H and O–H groups in total.